The first-order valence-corrected chi connectivity index (χ1v) is 8.49. The quantitative estimate of drug-likeness (QED) is 0.371. The molecule has 6 bridgehead atoms. The van der Waals surface area contributed by atoms with Gasteiger partial charge in [-0.1, -0.05) is 32.3 Å². The van der Waals surface area contributed by atoms with Crippen molar-refractivity contribution in [3.63, 3.8) is 0 Å². The lowest BCUT2D eigenvalue weighted by Crippen LogP contribution is -2.65. The van der Waals surface area contributed by atoms with Crippen LogP contribution >= 0.6 is 0 Å². The van der Waals surface area contributed by atoms with E-state index >= 15 is 0 Å². The molecule has 5 fully saturated rings. The van der Waals surface area contributed by atoms with Crippen LogP contribution in [0.15, 0.2) is 5.11 Å². The molecule has 0 saturated heterocycles. The Balaban J connectivity index is 1.81. The summed E-state index contributed by atoms with van der Waals surface area (Å²) < 4.78 is 0. The Morgan fingerprint density at radius 3 is 2.60 bits per heavy atom. The molecule has 0 aromatic rings. The summed E-state index contributed by atoms with van der Waals surface area (Å²) in [5, 5.41) is 4.46. The topological polar surface area (TPSA) is 48.8 Å². The molecule has 0 N–H and O–H groups in total. The van der Waals surface area contributed by atoms with Gasteiger partial charge in [0.1, 0.15) is 0 Å². The minimum atomic E-state index is -0.0251. The predicted octanol–water partition coefficient (Wildman–Crippen LogP) is 5.32. The number of nitrogens with zero attached hydrogens (tertiary/aromatic N) is 3. The van der Waals surface area contributed by atoms with E-state index in [2.05, 4.69) is 30.8 Å². The molecule has 0 heterocycles. The summed E-state index contributed by atoms with van der Waals surface area (Å²) in [6.45, 7) is 7.29. The Hall–Kier alpha value is -0.690. The van der Waals surface area contributed by atoms with Crippen molar-refractivity contribution in [1.82, 2.24) is 0 Å². The highest BCUT2D eigenvalue weighted by molar-refractivity contribution is 5.19. The summed E-state index contributed by atoms with van der Waals surface area (Å²) in [5.74, 6) is 3.28. The highest BCUT2D eigenvalue weighted by atomic mass is 15.2. The van der Waals surface area contributed by atoms with Gasteiger partial charge in [-0.2, -0.15) is 0 Å². The third kappa shape index (κ3) is 1.51. The summed E-state index contributed by atoms with van der Waals surface area (Å²) in [5.41, 5.74) is 10.1. The maximum absolute atomic E-state index is 9.15. The Morgan fingerprint density at radius 1 is 1.10 bits per heavy atom. The van der Waals surface area contributed by atoms with E-state index in [1.54, 1.807) is 0 Å². The summed E-state index contributed by atoms with van der Waals surface area (Å²) in [6.07, 6.45) is 9.16. The van der Waals surface area contributed by atoms with Crippen LogP contribution in [-0.2, 0) is 0 Å². The van der Waals surface area contributed by atoms with Gasteiger partial charge in [0.25, 0.3) is 0 Å². The Labute approximate surface area is 122 Å². The van der Waals surface area contributed by atoms with Crippen molar-refractivity contribution in [2.24, 2.45) is 39.6 Å². The first-order valence-electron chi connectivity index (χ1n) is 8.49. The number of hydrogen-bond donors (Lipinski definition) is 0. The van der Waals surface area contributed by atoms with Crippen molar-refractivity contribution in [3.8, 4) is 0 Å². The van der Waals surface area contributed by atoms with Crippen molar-refractivity contribution >= 4 is 0 Å². The van der Waals surface area contributed by atoms with Gasteiger partial charge in [0.2, 0.25) is 0 Å². The van der Waals surface area contributed by atoms with Crippen molar-refractivity contribution in [1.29, 1.82) is 0 Å². The second-order valence-electron chi connectivity index (χ2n) is 9.16. The van der Waals surface area contributed by atoms with Crippen LogP contribution in [0.2, 0.25) is 0 Å². The smallest absolute Gasteiger partial charge is 0.0527 e. The number of rotatable bonds is 2. The Kier molecular flexibility index (Phi) is 2.43. The van der Waals surface area contributed by atoms with Gasteiger partial charge < -0.3 is 0 Å². The van der Waals surface area contributed by atoms with E-state index in [1.807, 2.05) is 0 Å². The molecule has 3 nitrogen and oxygen atoms in total. The fraction of sp³-hybridized carbons (Fsp3) is 1.00. The molecule has 0 aromatic heterocycles. The van der Waals surface area contributed by atoms with Crippen molar-refractivity contribution in [3.05, 3.63) is 10.4 Å². The highest BCUT2D eigenvalue weighted by Gasteiger charge is 2.66. The van der Waals surface area contributed by atoms with Gasteiger partial charge in [0, 0.05) is 4.91 Å². The molecule has 3 heteroatoms. The monoisotopic (exact) mass is 273 g/mol. The highest BCUT2D eigenvalue weighted by Crippen LogP contribution is 2.72. The normalized spacial score (nSPS) is 59.4. The van der Waals surface area contributed by atoms with Crippen LogP contribution < -0.4 is 0 Å². The fourth-order valence-electron chi connectivity index (χ4n) is 7.06. The van der Waals surface area contributed by atoms with E-state index < -0.39 is 0 Å². The summed E-state index contributed by atoms with van der Waals surface area (Å²) in [4.78, 5) is 3.30. The summed E-state index contributed by atoms with van der Waals surface area (Å²) in [6, 6.07) is 0. The molecule has 0 aliphatic heterocycles. The van der Waals surface area contributed by atoms with Gasteiger partial charge in [-0.3, -0.25) is 0 Å². The van der Waals surface area contributed by atoms with E-state index in [1.165, 1.54) is 38.5 Å². The first-order chi connectivity index (χ1) is 9.43. The number of azide groups is 1. The maximum atomic E-state index is 9.15. The van der Waals surface area contributed by atoms with Crippen molar-refractivity contribution in [2.45, 2.75) is 71.3 Å². The summed E-state index contributed by atoms with van der Waals surface area (Å²) in [7, 11) is 0. The van der Waals surface area contributed by atoms with E-state index in [9.17, 15) is 0 Å². The molecule has 20 heavy (non-hydrogen) atoms. The number of hydrogen-bond acceptors (Lipinski definition) is 1. The van der Waals surface area contributed by atoms with E-state index in [0.29, 0.717) is 16.7 Å². The van der Waals surface area contributed by atoms with Crippen LogP contribution in [0.5, 0.6) is 0 Å². The average Bonchev–Trinajstić information content (AvgIpc) is 2.37. The third-order valence-electron chi connectivity index (χ3n) is 7.73. The van der Waals surface area contributed by atoms with Crippen LogP contribution in [0, 0.1) is 34.5 Å². The molecule has 0 amide bonds. The SMILES string of the molecule is CCC1(C)CC2C3CC4(C)CC2C(C1)C(N=[N+]=[N-])(C3)C4. The predicted molar refractivity (Wildman–Crippen MR) is 80.0 cm³/mol. The molecule has 5 aliphatic carbocycles. The van der Waals surface area contributed by atoms with Crippen molar-refractivity contribution in [2.75, 3.05) is 0 Å². The summed E-state index contributed by atoms with van der Waals surface area (Å²) >= 11 is 0. The lowest BCUT2D eigenvalue weighted by atomic mass is 9.36. The standard InChI is InChI=1S/C17H27N3/c1-4-15(2)7-12-11-5-16(3)8-13(12)14(9-15)17(6-11,10-16)19-20-18/h11-14H,4-10H2,1-3H3. The second-order valence-corrected chi connectivity index (χ2v) is 9.16. The van der Waals surface area contributed by atoms with Crippen LogP contribution in [0.4, 0.5) is 0 Å². The average molecular weight is 273 g/mol. The Bertz CT molecular complexity index is 496. The van der Waals surface area contributed by atoms with E-state index in [-0.39, 0.29) is 5.54 Å². The Morgan fingerprint density at radius 2 is 1.90 bits per heavy atom. The molecule has 0 spiro atoms. The van der Waals surface area contributed by atoms with Gasteiger partial charge in [0.15, 0.2) is 0 Å². The fourth-order valence-corrected chi connectivity index (χ4v) is 7.06. The van der Waals surface area contributed by atoms with Gasteiger partial charge in [-0.25, -0.2) is 0 Å². The largest absolute Gasteiger partial charge is 0.0869 e. The van der Waals surface area contributed by atoms with E-state index in [4.69, 9.17) is 5.53 Å². The molecular weight excluding hydrogens is 246 g/mol. The van der Waals surface area contributed by atoms with Crippen LogP contribution in [0.25, 0.3) is 10.4 Å². The zero-order valence-electron chi connectivity index (χ0n) is 13.1. The second kappa shape index (κ2) is 3.74. The minimum absolute atomic E-state index is 0.0251. The maximum Gasteiger partial charge on any atom is 0.0527 e. The molecule has 5 saturated carbocycles. The van der Waals surface area contributed by atoms with Crippen LogP contribution in [0.1, 0.15) is 65.7 Å². The van der Waals surface area contributed by atoms with Crippen LogP contribution in [0.3, 0.4) is 0 Å². The van der Waals surface area contributed by atoms with Gasteiger partial charge >= 0.3 is 0 Å². The van der Waals surface area contributed by atoms with Crippen molar-refractivity contribution < 1.29 is 0 Å². The lowest BCUT2D eigenvalue weighted by molar-refractivity contribution is -0.184. The first kappa shape index (κ1) is 13.0. The molecule has 5 aliphatic rings. The molecule has 0 radical (unpaired) electrons. The minimum Gasteiger partial charge on any atom is -0.0869 e. The molecule has 110 valence electrons. The zero-order valence-corrected chi connectivity index (χ0v) is 13.1. The lowest BCUT2D eigenvalue weighted by Gasteiger charge is -2.70. The third-order valence-corrected chi connectivity index (χ3v) is 7.73. The molecular formula is C17H27N3. The van der Waals surface area contributed by atoms with E-state index in [0.717, 1.165) is 24.2 Å². The van der Waals surface area contributed by atoms with Gasteiger partial charge in [0.05, 0.1) is 5.54 Å². The zero-order chi connectivity index (χ0) is 14.2. The molecule has 7 atom stereocenters. The molecule has 5 rings (SSSR count). The molecule has 0 aromatic carbocycles. The molecule has 7 unspecified atom stereocenters. The van der Waals surface area contributed by atoms with Gasteiger partial charge in [-0.15, -0.1) is 0 Å². The van der Waals surface area contributed by atoms with Crippen LogP contribution in [-0.4, -0.2) is 5.54 Å². The van der Waals surface area contributed by atoms with Gasteiger partial charge in [-0.05, 0) is 78.6 Å².